The predicted octanol–water partition coefficient (Wildman–Crippen LogP) is 2.45. The molecule has 1 aliphatic rings. The predicted molar refractivity (Wildman–Crippen MR) is 104 cm³/mol. The lowest BCUT2D eigenvalue weighted by atomic mass is 9.83. The molecule has 0 radical (unpaired) electrons. The van der Waals surface area contributed by atoms with Crippen molar-refractivity contribution in [3.05, 3.63) is 35.6 Å². The van der Waals surface area contributed by atoms with E-state index in [0.717, 1.165) is 6.07 Å². The first kappa shape index (κ1) is 24.2. The highest BCUT2D eigenvalue weighted by Gasteiger charge is 2.51. The molecule has 2 rings (SSSR count). The monoisotopic (exact) mass is 445 g/mol. The summed E-state index contributed by atoms with van der Waals surface area (Å²) in [6, 6.07) is 5.12. The number of benzene rings is 1. The van der Waals surface area contributed by atoms with Gasteiger partial charge in [-0.15, -0.1) is 4.72 Å². The SMILES string of the molecule is CC1(C)OC(=O)C(C(=O)C[C@](CF)(N[S@+]([O-])C(C)(C)C)c2ccccc2F)C(=O)O1. The molecule has 1 heterocycles. The Hall–Kier alpha value is -2.04. The average molecular weight is 445 g/mol. The summed E-state index contributed by atoms with van der Waals surface area (Å²) in [6.07, 6.45) is -0.832. The Bertz CT molecular complexity index is 821. The lowest BCUT2D eigenvalue weighted by Crippen LogP contribution is -2.56. The first-order valence-corrected chi connectivity index (χ1v) is 10.4. The van der Waals surface area contributed by atoms with Crippen molar-refractivity contribution in [1.82, 2.24) is 4.72 Å². The maximum absolute atomic E-state index is 14.6. The molecule has 2 atom stereocenters. The highest BCUT2D eigenvalue weighted by Crippen LogP contribution is 2.34. The molecular weight excluding hydrogens is 420 g/mol. The Morgan fingerprint density at radius 3 is 2.20 bits per heavy atom. The van der Waals surface area contributed by atoms with Crippen LogP contribution in [0.15, 0.2) is 24.3 Å². The summed E-state index contributed by atoms with van der Waals surface area (Å²) in [5.41, 5.74) is -2.33. The molecule has 30 heavy (non-hydrogen) atoms. The summed E-state index contributed by atoms with van der Waals surface area (Å²) < 4.78 is 53.2. The fourth-order valence-corrected chi connectivity index (χ4v) is 3.79. The smallest absolute Gasteiger partial charge is 0.331 e. The van der Waals surface area contributed by atoms with Gasteiger partial charge in [0.1, 0.15) is 22.8 Å². The van der Waals surface area contributed by atoms with Crippen molar-refractivity contribution in [2.45, 2.75) is 57.1 Å². The molecule has 10 heteroatoms. The standard InChI is InChI=1S/C20H25F2NO6S/c1-18(2,3)30(27)23-20(11-21,12-8-6-7-9-13(12)22)10-14(24)15-16(25)28-19(4,5)29-17(15)26/h6-9,15,23H,10-11H2,1-5H3/t20-,30-/m1/s1. The number of halogens is 2. The summed E-state index contributed by atoms with van der Waals surface area (Å²) in [5, 5.41) is 0. The van der Waals surface area contributed by atoms with E-state index in [1.165, 1.54) is 32.0 Å². The topological polar surface area (TPSA) is 105 Å². The summed E-state index contributed by atoms with van der Waals surface area (Å²) >= 11 is -1.91. The fourth-order valence-electron chi connectivity index (χ4n) is 2.89. The first-order chi connectivity index (χ1) is 13.7. The maximum Gasteiger partial charge on any atom is 0.331 e. The zero-order chi connectivity index (χ0) is 22.9. The summed E-state index contributed by atoms with van der Waals surface area (Å²) in [6.45, 7) is 6.15. The number of nitrogens with one attached hydrogen (secondary N) is 1. The Kier molecular flexibility index (Phi) is 6.95. The minimum Gasteiger partial charge on any atom is -0.598 e. The molecule has 1 N–H and O–H groups in total. The Morgan fingerprint density at radius 2 is 1.73 bits per heavy atom. The summed E-state index contributed by atoms with van der Waals surface area (Å²) in [7, 11) is 0. The first-order valence-electron chi connectivity index (χ1n) is 9.21. The van der Waals surface area contributed by atoms with Crippen molar-refractivity contribution in [2.75, 3.05) is 6.67 Å². The van der Waals surface area contributed by atoms with Crippen molar-refractivity contribution in [3.63, 3.8) is 0 Å². The van der Waals surface area contributed by atoms with Crippen LogP contribution in [0.4, 0.5) is 8.78 Å². The minimum absolute atomic E-state index is 0.253. The molecule has 0 saturated carbocycles. The lowest BCUT2D eigenvalue weighted by molar-refractivity contribution is -0.238. The second kappa shape index (κ2) is 8.60. The molecule has 0 bridgehead atoms. The number of carbonyl (C=O) groups excluding carboxylic acids is 3. The molecule has 1 aromatic rings. The van der Waals surface area contributed by atoms with E-state index >= 15 is 0 Å². The molecule has 0 aromatic heterocycles. The number of alkyl halides is 1. The zero-order valence-electron chi connectivity index (χ0n) is 17.4. The van der Waals surface area contributed by atoms with Crippen LogP contribution in [-0.4, -0.2) is 39.5 Å². The van der Waals surface area contributed by atoms with Gasteiger partial charge in [0.05, 0.1) is 0 Å². The van der Waals surface area contributed by atoms with E-state index in [-0.39, 0.29) is 5.56 Å². The van der Waals surface area contributed by atoms with Gasteiger partial charge in [-0.3, -0.25) is 14.4 Å². The molecule has 0 aliphatic carbocycles. The summed E-state index contributed by atoms with van der Waals surface area (Å²) in [4.78, 5) is 37.3. The Labute approximate surface area is 176 Å². The molecule has 7 nitrogen and oxygen atoms in total. The van der Waals surface area contributed by atoms with E-state index in [1.54, 1.807) is 20.8 Å². The second-order valence-corrected chi connectivity index (χ2v) is 10.5. The van der Waals surface area contributed by atoms with Gasteiger partial charge in [0.15, 0.2) is 5.78 Å². The largest absolute Gasteiger partial charge is 0.598 e. The van der Waals surface area contributed by atoms with Crippen LogP contribution in [0, 0.1) is 11.7 Å². The van der Waals surface area contributed by atoms with Crippen LogP contribution in [0.3, 0.4) is 0 Å². The molecule has 1 aromatic carbocycles. The summed E-state index contributed by atoms with van der Waals surface area (Å²) in [5.74, 6) is -7.64. The van der Waals surface area contributed by atoms with E-state index in [1.807, 2.05) is 0 Å². The van der Waals surface area contributed by atoms with Gasteiger partial charge in [-0.2, -0.15) is 0 Å². The van der Waals surface area contributed by atoms with Gasteiger partial charge in [0, 0.05) is 37.2 Å². The van der Waals surface area contributed by atoms with Gasteiger partial charge >= 0.3 is 11.9 Å². The average Bonchev–Trinajstić information content (AvgIpc) is 2.58. The van der Waals surface area contributed by atoms with Crippen LogP contribution in [-0.2, 0) is 40.8 Å². The lowest BCUT2D eigenvalue weighted by Gasteiger charge is -2.37. The van der Waals surface area contributed by atoms with Crippen molar-refractivity contribution < 1.29 is 37.2 Å². The van der Waals surface area contributed by atoms with Crippen molar-refractivity contribution in [3.8, 4) is 0 Å². The molecule has 166 valence electrons. The number of hydrogen-bond acceptors (Lipinski definition) is 7. The van der Waals surface area contributed by atoms with E-state index in [2.05, 4.69) is 4.72 Å². The molecular formula is C20H25F2NO6S. The van der Waals surface area contributed by atoms with Gasteiger partial charge in [-0.25, -0.2) is 8.78 Å². The number of cyclic esters (lactones) is 2. The quantitative estimate of drug-likeness (QED) is 0.390. The number of carbonyl (C=O) groups is 3. The number of esters is 2. The number of rotatable bonds is 7. The molecule has 0 unspecified atom stereocenters. The Balaban J connectivity index is 2.45. The molecule has 1 aliphatic heterocycles. The van der Waals surface area contributed by atoms with E-state index < -0.39 is 70.0 Å². The fraction of sp³-hybridized carbons (Fsp3) is 0.550. The van der Waals surface area contributed by atoms with Gasteiger partial charge in [0.25, 0.3) is 5.79 Å². The van der Waals surface area contributed by atoms with Crippen LogP contribution >= 0.6 is 0 Å². The van der Waals surface area contributed by atoms with Crippen LogP contribution in [0.25, 0.3) is 0 Å². The Morgan fingerprint density at radius 1 is 1.20 bits per heavy atom. The number of ketones is 1. The zero-order valence-corrected chi connectivity index (χ0v) is 18.2. The van der Waals surface area contributed by atoms with Gasteiger partial charge in [0.2, 0.25) is 5.92 Å². The maximum atomic E-state index is 14.6. The van der Waals surface area contributed by atoms with E-state index in [0.29, 0.717) is 0 Å². The number of hydrogen-bond donors (Lipinski definition) is 1. The van der Waals surface area contributed by atoms with Gasteiger partial charge in [-0.05, 0) is 26.8 Å². The van der Waals surface area contributed by atoms with E-state index in [4.69, 9.17) is 9.47 Å². The van der Waals surface area contributed by atoms with E-state index in [9.17, 15) is 27.7 Å². The molecule has 1 fully saturated rings. The third-order valence-corrected chi connectivity index (χ3v) is 6.11. The normalized spacial score (nSPS) is 20.1. The van der Waals surface area contributed by atoms with Crippen LogP contribution < -0.4 is 4.72 Å². The van der Waals surface area contributed by atoms with Crippen molar-refractivity contribution >= 4 is 29.1 Å². The van der Waals surface area contributed by atoms with Gasteiger partial charge < -0.3 is 14.0 Å². The highest BCUT2D eigenvalue weighted by molar-refractivity contribution is 7.90. The van der Waals surface area contributed by atoms with Crippen LogP contribution in [0.5, 0.6) is 0 Å². The van der Waals surface area contributed by atoms with Gasteiger partial charge in [-0.1, -0.05) is 18.2 Å². The van der Waals surface area contributed by atoms with Crippen LogP contribution in [0.1, 0.15) is 46.6 Å². The molecule has 0 spiro atoms. The third-order valence-electron chi connectivity index (χ3n) is 4.42. The molecule has 0 amide bonds. The minimum atomic E-state index is -2.08. The highest BCUT2D eigenvalue weighted by atomic mass is 32.2. The number of ether oxygens (including phenoxy) is 2. The molecule has 1 saturated heterocycles. The van der Waals surface area contributed by atoms with Crippen molar-refractivity contribution in [2.24, 2.45) is 5.92 Å². The third kappa shape index (κ3) is 5.16. The second-order valence-electron chi connectivity index (χ2n) is 8.50. The van der Waals surface area contributed by atoms with Crippen molar-refractivity contribution in [1.29, 1.82) is 0 Å². The number of Topliss-reactive ketones (excluding diaryl/α,β-unsaturated/α-hetero) is 1. The van der Waals surface area contributed by atoms with Crippen LogP contribution in [0.2, 0.25) is 0 Å².